The maximum atomic E-state index is 6.08. The zero-order valence-electron chi connectivity index (χ0n) is 20.3. The minimum absolute atomic E-state index is 0.359. The number of imidazole rings is 1. The van der Waals surface area contributed by atoms with Gasteiger partial charge in [0.25, 0.3) is 0 Å². The van der Waals surface area contributed by atoms with Gasteiger partial charge in [0.2, 0.25) is 0 Å². The van der Waals surface area contributed by atoms with Gasteiger partial charge in [0, 0.05) is 63.0 Å². The summed E-state index contributed by atoms with van der Waals surface area (Å²) in [5, 5.41) is 0. The fourth-order valence-electron chi connectivity index (χ4n) is 4.95. The smallest absolute Gasteiger partial charge is 0.151 e. The normalized spacial score (nSPS) is 20.5. The van der Waals surface area contributed by atoms with Crippen molar-refractivity contribution in [3.8, 4) is 11.4 Å². The summed E-state index contributed by atoms with van der Waals surface area (Å²) in [5.74, 6) is 1.78. The zero-order chi connectivity index (χ0) is 23.5. The second-order valence-corrected chi connectivity index (χ2v) is 9.64. The maximum absolute atomic E-state index is 6.08. The number of fused-ring (bicyclic) bond motifs is 3. The van der Waals surface area contributed by atoms with E-state index in [4.69, 9.17) is 25.2 Å². The van der Waals surface area contributed by atoms with Crippen LogP contribution in [0, 0.1) is 0 Å². The molecule has 0 amide bonds. The lowest BCUT2D eigenvalue weighted by Crippen LogP contribution is -2.39. The standard InChI is InChI=1S/C26H36N6O2/c1-19(2)31-7-5-22(6-8-31)28-15-21(14-27)20-3-4-24-25(13-20)34-18-26-29-23(17-32(24)26)16-30-9-11-33-12-10-30/h3-4,13-15,17,19,22H,5-12,16,18,27H2,1-2H3. The van der Waals surface area contributed by atoms with Crippen LogP contribution >= 0.6 is 0 Å². The summed E-state index contributed by atoms with van der Waals surface area (Å²) in [6.07, 6.45) is 7.90. The number of allylic oxidation sites excluding steroid dienone is 1. The Labute approximate surface area is 202 Å². The Morgan fingerprint density at radius 2 is 2.00 bits per heavy atom. The van der Waals surface area contributed by atoms with Crippen LogP contribution < -0.4 is 10.5 Å². The van der Waals surface area contributed by atoms with Crippen molar-refractivity contribution in [3.63, 3.8) is 0 Å². The first-order chi connectivity index (χ1) is 16.6. The fraction of sp³-hybridized carbons (Fsp3) is 0.538. The molecule has 2 saturated heterocycles. The summed E-state index contributed by atoms with van der Waals surface area (Å²) < 4.78 is 13.7. The third-order valence-corrected chi connectivity index (χ3v) is 7.06. The van der Waals surface area contributed by atoms with Crippen molar-refractivity contribution in [1.29, 1.82) is 0 Å². The average Bonchev–Trinajstić information content (AvgIpc) is 3.28. The summed E-state index contributed by atoms with van der Waals surface area (Å²) >= 11 is 0. The van der Waals surface area contributed by atoms with Gasteiger partial charge in [0.05, 0.1) is 30.6 Å². The highest BCUT2D eigenvalue weighted by Gasteiger charge is 2.22. The Bertz CT molecular complexity index is 1050. The number of benzene rings is 1. The molecule has 1 aromatic heterocycles. The van der Waals surface area contributed by atoms with Crippen LogP contribution in [0.5, 0.6) is 5.75 Å². The van der Waals surface area contributed by atoms with E-state index in [1.165, 1.54) is 0 Å². The molecule has 8 heteroatoms. The number of hydrogen-bond donors (Lipinski definition) is 1. The van der Waals surface area contributed by atoms with Gasteiger partial charge in [-0.15, -0.1) is 0 Å². The molecule has 0 radical (unpaired) electrons. The van der Waals surface area contributed by atoms with Gasteiger partial charge in [-0.25, -0.2) is 4.98 Å². The molecular weight excluding hydrogens is 428 g/mol. The number of aliphatic imine (C=N–C) groups is 1. The highest BCUT2D eigenvalue weighted by molar-refractivity contribution is 6.09. The molecule has 0 spiro atoms. The second-order valence-electron chi connectivity index (χ2n) is 9.64. The molecule has 3 aliphatic rings. The van der Waals surface area contributed by atoms with Crippen molar-refractivity contribution in [2.24, 2.45) is 10.7 Å². The monoisotopic (exact) mass is 464 g/mol. The summed E-state index contributed by atoms with van der Waals surface area (Å²) in [4.78, 5) is 14.6. The predicted molar refractivity (Wildman–Crippen MR) is 134 cm³/mol. The van der Waals surface area contributed by atoms with E-state index in [1.54, 1.807) is 6.20 Å². The number of nitrogens with zero attached hydrogens (tertiary/aromatic N) is 5. The molecule has 0 saturated carbocycles. The predicted octanol–water partition coefficient (Wildman–Crippen LogP) is 2.84. The third kappa shape index (κ3) is 5.04. The van der Waals surface area contributed by atoms with Crippen molar-refractivity contribution in [2.45, 2.75) is 51.9 Å². The Balaban J connectivity index is 1.28. The molecule has 8 nitrogen and oxygen atoms in total. The van der Waals surface area contributed by atoms with Gasteiger partial charge < -0.3 is 20.1 Å². The van der Waals surface area contributed by atoms with Gasteiger partial charge in [0.15, 0.2) is 5.82 Å². The fourth-order valence-corrected chi connectivity index (χ4v) is 4.95. The zero-order valence-corrected chi connectivity index (χ0v) is 20.3. The lowest BCUT2D eigenvalue weighted by atomic mass is 10.0. The van der Waals surface area contributed by atoms with Gasteiger partial charge >= 0.3 is 0 Å². The van der Waals surface area contributed by atoms with Gasteiger partial charge in [-0.3, -0.25) is 14.5 Å². The molecular formula is C26H36N6O2. The molecule has 1 aromatic carbocycles. The molecule has 0 aliphatic carbocycles. The van der Waals surface area contributed by atoms with Crippen LogP contribution in [-0.4, -0.2) is 77.0 Å². The first-order valence-electron chi connectivity index (χ1n) is 12.4. The van der Waals surface area contributed by atoms with E-state index in [-0.39, 0.29) is 0 Å². The number of aromatic nitrogens is 2. The van der Waals surface area contributed by atoms with Crippen LogP contribution in [0.1, 0.15) is 43.8 Å². The number of hydrogen-bond acceptors (Lipinski definition) is 7. The SMILES string of the molecule is CC(C)N1CCC(N=CC(=CN)c2ccc3c(c2)OCc2nc(CN4CCOCC4)cn2-3)CC1. The Kier molecular flexibility index (Phi) is 6.99. The molecule has 4 heterocycles. The molecule has 0 atom stereocenters. The molecule has 3 aliphatic heterocycles. The lowest BCUT2D eigenvalue weighted by molar-refractivity contribution is 0.0337. The largest absolute Gasteiger partial charge is 0.483 e. The Morgan fingerprint density at radius 3 is 2.74 bits per heavy atom. The van der Waals surface area contributed by atoms with Crippen molar-refractivity contribution in [2.75, 3.05) is 39.4 Å². The van der Waals surface area contributed by atoms with E-state index in [2.05, 4.69) is 52.6 Å². The van der Waals surface area contributed by atoms with Gasteiger partial charge in [-0.1, -0.05) is 6.07 Å². The van der Waals surface area contributed by atoms with Crippen LogP contribution in [0.25, 0.3) is 11.3 Å². The van der Waals surface area contributed by atoms with Crippen LogP contribution in [0.4, 0.5) is 0 Å². The van der Waals surface area contributed by atoms with Crippen LogP contribution in [-0.2, 0) is 17.9 Å². The lowest BCUT2D eigenvalue weighted by Gasteiger charge is -2.33. The summed E-state index contributed by atoms with van der Waals surface area (Å²) in [6, 6.07) is 7.20. The first kappa shape index (κ1) is 23.1. The molecule has 2 N–H and O–H groups in total. The highest BCUT2D eigenvalue weighted by atomic mass is 16.5. The number of ether oxygens (including phenoxy) is 2. The second kappa shape index (κ2) is 10.3. The minimum atomic E-state index is 0.359. The first-order valence-corrected chi connectivity index (χ1v) is 12.4. The van der Waals surface area contributed by atoms with Crippen LogP contribution in [0.15, 0.2) is 35.6 Å². The minimum Gasteiger partial charge on any atom is -0.483 e. The van der Waals surface area contributed by atoms with Crippen molar-refractivity contribution < 1.29 is 9.47 Å². The molecule has 182 valence electrons. The molecule has 34 heavy (non-hydrogen) atoms. The topological polar surface area (TPSA) is 81.1 Å². The van der Waals surface area contributed by atoms with Crippen LogP contribution in [0.3, 0.4) is 0 Å². The molecule has 5 rings (SSSR count). The van der Waals surface area contributed by atoms with E-state index in [1.807, 2.05) is 6.21 Å². The van der Waals surface area contributed by atoms with E-state index < -0.39 is 0 Å². The van der Waals surface area contributed by atoms with E-state index in [0.717, 1.165) is 92.9 Å². The highest BCUT2D eigenvalue weighted by Crippen LogP contribution is 2.32. The molecule has 2 fully saturated rings. The number of morpholine rings is 1. The number of piperidine rings is 1. The summed E-state index contributed by atoms with van der Waals surface area (Å²) in [7, 11) is 0. The Morgan fingerprint density at radius 1 is 1.21 bits per heavy atom. The van der Waals surface area contributed by atoms with Crippen molar-refractivity contribution >= 4 is 11.8 Å². The van der Waals surface area contributed by atoms with Crippen molar-refractivity contribution in [3.05, 3.63) is 47.7 Å². The summed E-state index contributed by atoms with van der Waals surface area (Å²) in [6.45, 7) is 11.5. The number of likely N-dealkylation sites (tertiary alicyclic amines) is 1. The molecule has 0 unspecified atom stereocenters. The van der Waals surface area contributed by atoms with Gasteiger partial charge in [-0.2, -0.15) is 0 Å². The van der Waals surface area contributed by atoms with Crippen LogP contribution in [0.2, 0.25) is 0 Å². The molecule has 0 bridgehead atoms. The third-order valence-electron chi connectivity index (χ3n) is 7.06. The number of nitrogens with two attached hydrogens (primary N) is 1. The van der Waals surface area contributed by atoms with Crippen molar-refractivity contribution in [1.82, 2.24) is 19.4 Å². The van der Waals surface area contributed by atoms with Gasteiger partial charge in [0.1, 0.15) is 12.4 Å². The molecule has 2 aromatic rings. The van der Waals surface area contributed by atoms with E-state index >= 15 is 0 Å². The number of rotatable bonds is 6. The van der Waals surface area contributed by atoms with E-state index in [9.17, 15) is 0 Å². The average molecular weight is 465 g/mol. The van der Waals surface area contributed by atoms with Gasteiger partial charge in [-0.05, 0) is 44.4 Å². The maximum Gasteiger partial charge on any atom is 0.151 e. The van der Waals surface area contributed by atoms with E-state index in [0.29, 0.717) is 18.7 Å². The quantitative estimate of drug-likeness (QED) is 0.662. The Hall–Kier alpha value is -2.68. The summed E-state index contributed by atoms with van der Waals surface area (Å²) in [5.41, 5.74) is 10.0.